The van der Waals surface area contributed by atoms with Gasteiger partial charge >= 0.3 is 12.1 Å². The van der Waals surface area contributed by atoms with Crippen LogP contribution in [0.4, 0.5) is 17.6 Å². The molecule has 1 fully saturated rings. The number of carboxylic acids is 1. The maximum atomic E-state index is 15.3. The summed E-state index contributed by atoms with van der Waals surface area (Å²) in [7, 11) is 1.63. The van der Waals surface area contributed by atoms with E-state index in [1.807, 2.05) is 0 Å². The van der Waals surface area contributed by atoms with Crippen LogP contribution in [0, 0.1) is 11.7 Å². The summed E-state index contributed by atoms with van der Waals surface area (Å²) in [6, 6.07) is 12.5. The first-order valence-electron chi connectivity index (χ1n) is 14.5. The van der Waals surface area contributed by atoms with Crippen LogP contribution in [0.1, 0.15) is 62.5 Å². The van der Waals surface area contributed by atoms with Crippen molar-refractivity contribution in [2.45, 2.75) is 50.2 Å². The topological polar surface area (TPSA) is 105 Å². The molecule has 2 heterocycles. The molecule has 2 aromatic heterocycles. The van der Waals surface area contributed by atoms with Crippen molar-refractivity contribution in [2.75, 3.05) is 7.05 Å². The zero-order valence-corrected chi connectivity index (χ0v) is 25.2. The summed E-state index contributed by atoms with van der Waals surface area (Å²) in [6.45, 7) is 0.232. The first-order valence-corrected chi connectivity index (χ1v) is 14.9. The zero-order chi connectivity index (χ0) is 33.0. The molecule has 2 aromatic carbocycles. The van der Waals surface area contributed by atoms with Gasteiger partial charge in [-0.05, 0) is 67.6 Å². The molecule has 1 N–H and O–H groups in total. The smallest absolute Gasteiger partial charge is 0.398 e. The highest BCUT2D eigenvalue weighted by atomic mass is 35.5. The van der Waals surface area contributed by atoms with Gasteiger partial charge in [-0.2, -0.15) is 23.0 Å². The lowest BCUT2D eigenvalue weighted by Crippen LogP contribution is -2.36. The highest BCUT2D eigenvalue weighted by Gasteiger charge is 2.65. The highest BCUT2D eigenvalue weighted by Crippen LogP contribution is 2.60. The van der Waals surface area contributed by atoms with E-state index in [2.05, 4.69) is 10.1 Å². The van der Waals surface area contributed by atoms with Crippen LogP contribution in [0.5, 0.6) is 0 Å². The molecule has 46 heavy (non-hydrogen) atoms. The number of nitrogens with zero attached hydrogens (tertiary/aromatic N) is 4. The molecule has 0 radical (unpaired) electrons. The van der Waals surface area contributed by atoms with Gasteiger partial charge < -0.3 is 10.0 Å². The van der Waals surface area contributed by atoms with Crippen LogP contribution in [-0.4, -0.2) is 55.8 Å². The Morgan fingerprint density at radius 3 is 2.50 bits per heavy atom. The lowest BCUT2D eigenvalue weighted by Gasteiger charge is -2.27. The number of alkyl halides is 3. The molecule has 8 nitrogen and oxygen atoms in total. The summed E-state index contributed by atoms with van der Waals surface area (Å²) >= 11 is 6.42. The van der Waals surface area contributed by atoms with Crippen LogP contribution in [0.25, 0.3) is 11.3 Å². The van der Waals surface area contributed by atoms with Crippen molar-refractivity contribution in [1.82, 2.24) is 19.7 Å². The Morgan fingerprint density at radius 1 is 1.11 bits per heavy atom. The maximum Gasteiger partial charge on any atom is 0.398 e. The van der Waals surface area contributed by atoms with Gasteiger partial charge in [-0.25, -0.2) is 9.18 Å². The van der Waals surface area contributed by atoms with E-state index in [1.54, 1.807) is 31.4 Å². The van der Waals surface area contributed by atoms with Gasteiger partial charge in [0.25, 0.3) is 5.91 Å². The number of fused-ring (bicyclic) bond motifs is 1. The Morgan fingerprint density at radius 2 is 1.87 bits per heavy atom. The van der Waals surface area contributed by atoms with E-state index in [-0.39, 0.29) is 76.8 Å². The summed E-state index contributed by atoms with van der Waals surface area (Å²) in [5.41, 5.74) is -1.84. The van der Waals surface area contributed by atoms with E-state index in [0.717, 1.165) is 10.7 Å². The van der Waals surface area contributed by atoms with E-state index in [0.29, 0.717) is 17.7 Å². The molecule has 1 saturated carbocycles. The van der Waals surface area contributed by atoms with Crippen LogP contribution in [0.15, 0.2) is 60.8 Å². The Kier molecular flexibility index (Phi) is 7.95. The molecule has 1 atom stereocenters. The van der Waals surface area contributed by atoms with Gasteiger partial charge in [-0.3, -0.25) is 14.6 Å². The van der Waals surface area contributed by atoms with Crippen LogP contribution in [-0.2, 0) is 29.6 Å². The molecule has 0 spiro atoms. The van der Waals surface area contributed by atoms with Gasteiger partial charge in [0.15, 0.2) is 0 Å². The molecule has 0 bridgehead atoms. The Balaban J connectivity index is 1.44. The molecule has 13 heteroatoms. The molecular weight excluding hydrogens is 628 g/mol. The third-order valence-electron chi connectivity index (χ3n) is 8.82. The van der Waals surface area contributed by atoms with E-state index >= 15 is 4.39 Å². The number of carboxylic acid groups (broad SMARTS) is 1. The minimum Gasteiger partial charge on any atom is -0.478 e. The molecule has 4 aromatic rings. The number of halogens is 5. The van der Waals surface area contributed by atoms with E-state index in [9.17, 15) is 32.7 Å². The summed E-state index contributed by atoms with van der Waals surface area (Å²) in [6.07, 6.45) is -2.91. The Hall–Kier alpha value is -4.58. The Bertz CT molecular complexity index is 1870. The fourth-order valence-corrected chi connectivity index (χ4v) is 6.50. The van der Waals surface area contributed by atoms with Crippen molar-refractivity contribution in [3.63, 3.8) is 0 Å². The lowest BCUT2D eigenvalue weighted by atomic mass is 9.84. The van der Waals surface area contributed by atoms with Gasteiger partial charge in [0, 0.05) is 36.7 Å². The number of hydrogen-bond donors (Lipinski definition) is 1. The SMILES string of the molecule is CN(Cc1ccccn1)C(=O)[C@H]1CCc2c(-c3ccc(C(=O)O)cc3F)nn(C(=O)c3c(Cl)cccc3C3(C(F)(F)F)CC3)c2C1. The van der Waals surface area contributed by atoms with Crippen LogP contribution in [0.3, 0.4) is 0 Å². The van der Waals surface area contributed by atoms with E-state index in [4.69, 9.17) is 11.6 Å². The number of hydrogen-bond acceptors (Lipinski definition) is 5. The Labute approximate surface area is 265 Å². The van der Waals surface area contributed by atoms with Crippen LogP contribution >= 0.6 is 11.6 Å². The number of pyridine rings is 1. The second kappa shape index (κ2) is 11.7. The second-order valence-corrected chi connectivity index (χ2v) is 12.1. The fourth-order valence-electron chi connectivity index (χ4n) is 6.25. The van der Waals surface area contributed by atoms with Gasteiger partial charge in [0.05, 0.1) is 45.2 Å². The number of aromatic nitrogens is 3. The normalized spacial score (nSPS) is 16.9. The molecule has 0 aliphatic heterocycles. The van der Waals surface area contributed by atoms with Gasteiger partial charge in [-0.15, -0.1) is 0 Å². The average molecular weight is 655 g/mol. The van der Waals surface area contributed by atoms with Crippen LogP contribution < -0.4 is 0 Å². The lowest BCUT2D eigenvalue weighted by molar-refractivity contribution is -0.160. The predicted molar refractivity (Wildman–Crippen MR) is 159 cm³/mol. The second-order valence-electron chi connectivity index (χ2n) is 11.7. The van der Waals surface area contributed by atoms with Gasteiger partial charge in [0.2, 0.25) is 5.91 Å². The monoisotopic (exact) mass is 654 g/mol. The minimum absolute atomic E-state index is 0.00149. The van der Waals surface area contributed by atoms with Gasteiger partial charge in [-0.1, -0.05) is 29.8 Å². The summed E-state index contributed by atoms with van der Waals surface area (Å²) in [5.74, 6) is -4.03. The first-order chi connectivity index (χ1) is 21.8. The van der Waals surface area contributed by atoms with Crippen molar-refractivity contribution in [3.05, 3.63) is 105 Å². The minimum atomic E-state index is -4.63. The molecule has 1 amide bonds. The third kappa shape index (κ3) is 5.44. The average Bonchev–Trinajstić information content (AvgIpc) is 3.77. The van der Waals surface area contributed by atoms with Crippen LogP contribution in [0.2, 0.25) is 5.02 Å². The molecule has 0 unspecified atom stereocenters. The van der Waals surface area contributed by atoms with Crippen molar-refractivity contribution in [1.29, 1.82) is 0 Å². The largest absolute Gasteiger partial charge is 0.478 e. The number of rotatable bonds is 7. The number of carbonyl (C=O) groups is 3. The number of benzene rings is 2. The molecule has 0 saturated heterocycles. The molecular formula is C33H27ClF4N4O4. The molecule has 2 aliphatic carbocycles. The standard InChI is InChI=1S/C33H27ClF4N4O4/c1-41(17-20-5-2-3-14-39-20)29(43)18-8-11-22-26(16-18)42(40-28(22)21-10-9-19(31(45)46)15-25(21)35)30(44)27-23(6-4-7-24(27)34)32(12-13-32)33(36,37)38/h2-7,9-10,14-15,18H,8,11-13,16-17H2,1H3,(H,45,46)/t18-/m0/s1. The van der Waals surface area contributed by atoms with E-state index in [1.165, 1.54) is 35.2 Å². The molecule has 2 aliphatic rings. The summed E-state index contributed by atoms with van der Waals surface area (Å²) in [5, 5.41) is 13.5. The summed E-state index contributed by atoms with van der Waals surface area (Å²) < 4.78 is 59.0. The van der Waals surface area contributed by atoms with Crippen molar-refractivity contribution < 1.29 is 37.1 Å². The summed E-state index contributed by atoms with van der Waals surface area (Å²) in [4.78, 5) is 45.0. The number of aromatic carboxylic acids is 1. The van der Waals surface area contributed by atoms with Crippen molar-refractivity contribution in [3.8, 4) is 11.3 Å². The maximum absolute atomic E-state index is 15.3. The highest BCUT2D eigenvalue weighted by molar-refractivity contribution is 6.34. The zero-order valence-electron chi connectivity index (χ0n) is 24.4. The number of amides is 1. The third-order valence-corrected chi connectivity index (χ3v) is 9.14. The van der Waals surface area contributed by atoms with Crippen molar-refractivity contribution >= 4 is 29.4 Å². The number of carbonyl (C=O) groups excluding carboxylic acids is 2. The fraction of sp³-hybridized carbons (Fsp3) is 0.303. The molecule has 238 valence electrons. The van der Waals surface area contributed by atoms with E-state index < -0.39 is 35.2 Å². The van der Waals surface area contributed by atoms with Gasteiger partial charge in [0.1, 0.15) is 5.82 Å². The molecule has 6 rings (SSSR count). The quantitative estimate of drug-likeness (QED) is 0.229. The predicted octanol–water partition coefficient (Wildman–Crippen LogP) is 6.48. The van der Waals surface area contributed by atoms with Crippen molar-refractivity contribution in [2.24, 2.45) is 5.92 Å². The first kappa shape index (κ1) is 31.4.